The predicted octanol–water partition coefficient (Wildman–Crippen LogP) is 2.60. The van der Waals surface area contributed by atoms with Crippen molar-refractivity contribution in [2.45, 2.75) is 33.0 Å². The summed E-state index contributed by atoms with van der Waals surface area (Å²) in [7, 11) is 1.70. The van der Waals surface area contributed by atoms with Crippen molar-refractivity contribution in [2.75, 3.05) is 20.2 Å². The van der Waals surface area contributed by atoms with E-state index in [2.05, 4.69) is 19.2 Å². The van der Waals surface area contributed by atoms with E-state index in [0.717, 1.165) is 30.8 Å². The third kappa shape index (κ3) is 5.71. The average Bonchev–Trinajstić information content (AvgIpc) is 2.30. The second kappa shape index (κ2) is 8.09. The van der Waals surface area contributed by atoms with E-state index in [0.29, 0.717) is 6.61 Å². The van der Waals surface area contributed by atoms with E-state index in [9.17, 15) is 0 Å². The Labute approximate surface area is 104 Å². The van der Waals surface area contributed by atoms with Crippen LogP contribution in [0, 0.1) is 0 Å². The SMILES string of the molecule is CCCNCC(C)Oc1cccc(COC)c1. The van der Waals surface area contributed by atoms with Crippen molar-refractivity contribution in [3.8, 4) is 5.75 Å². The summed E-state index contributed by atoms with van der Waals surface area (Å²) >= 11 is 0. The Morgan fingerprint density at radius 2 is 2.18 bits per heavy atom. The highest BCUT2D eigenvalue weighted by atomic mass is 16.5. The van der Waals surface area contributed by atoms with E-state index < -0.39 is 0 Å². The molecule has 0 saturated carbocycles. The fraction of sp³-hybridized carbons (Fsp3) is 0.571. The Kier molecular flexibility index (Phi) is 6.67. The zero-order chi connectivity index (χ0) is 12.5. The number of ether oxygens (including phenoxy) is 2. The third-order valence-corrected chi connectivity index (χ3v) is 2.41. The van der Waals surface area contributed by atoms with Gasteiger partial charge < -0.3 is 14.8 Å². The van der Waals surface area contributed by atoms with Crippen LogP contribution in [0.1, 0.15) is 25.8 Å². The lowest BCUT2D eigenvalue weighted by Gasteiger charge is -2.15. The van der Waals surface area contributed by atoms with Gasteiger partial charge in [0.1, 0.15) is 11.9 Å². The van der Waals surface area contributed by atoms with Crippen molar-refractivity contribution in [1.29, 1.82) is 0 Å². The third-order valence-electron chi connectivity index (χ3n) is 2.41. The fourth-order valence-corrected chi connectivity index (χ4v) is 1.63. The molecule has 1 aromatic carbocycles. The summed E-state index contributed by atoms with van der Waals surface area (Å²) in [6, 6.07) is 8.04. The lowest BCUT2D eigenvalue weighted by Crippen LogP contribution is -2.29. The zero-order valence-electron chi connectivity index (χ0n) is 11.0. The second-order valence-electron chi connectivity index (χ2n) is 4.21. The molecule has 96 valence electrons. The van der Waals surface area contributed by atoms with Gasteiger partial charge in [-0.25, -0.2) is 0 Å². The molecular formula is C14H23NO2. The van der Waals surface area contributed by atoms with Crippen molar-refractivity contribution in [3.05, 3.63) is 29.8 Å². The highest BCUT2D eigenvalue weighted by Gasteiger charge is 2.03. The van der Waals surface area contributed by atoms with Gasteiger partial charge in [0, 0.05) is 13.7 Å². The van der Waals surface area contributed by atoms with E-state index in [-0.39, 0.29) is 6.10 Å². The molecule has 3 heteroatoms. The van der Waals surface area contributed by atoms with Crippen LogP contribution in [0.4, 0.5) is 0 Å². The molecule has 1 aromatic rings. The van der Waals surface area contributed by atoms with Gasteiger partial charge in [0.2, 0.25) is 0 Å². The fourth-order valence-electron chi connectivity index (χ4n) is 1.63. The molecule has 3 nitrogen and oxygen atoms in total. The molecular weight excluding hydrogens is 214 g/mol. The molecule has 0 bridgehead atoms. The Morgan fingerprint density at radius 1 is 1.35 bits per heavy atom. The first-order chi connectivity index (χ1) is 8.26. The minimum absolute atomic E-state index is 0.180. The lowest BCUT2D eigenvalue weighted by atomic mass is 10.2. The van der Waals surface area contributed by atoms with Gasteiger partial charge in [-0.15, -0.1) is 0 Å². The standard InChI is InChI=1S/C14H23NO2/c1-4-8-15-10-12(2)17-14-7-5-6-13(9-14)11-16-3/h5-7,9,12,15H,4,8,10-11H2,1-3H3. The molecule has 17 heavy (non-hydrogen) atoms. The molecule has 0 aliphatic heterocycles. The Bertz CT molecular complexity index is 315. The van der Waals surface area contributed by atoms with Gasteiger partial charge in [0.25, 0.3) is 0 Å². The minimum Gasteiger partial charge on any atom is -0.489 e. The van der Waals surface area contributed by atoms with Crippen molar-refractivity contribution >= 4 is 0 Å². The second-order valence-corrected chi connectivity index (χ2v) is 4.21. The van der Waals surface area contributed by atoms with Crippen LogP contribution in [-0.4, -0.2) is 26.3 Å². The molecule has 0 aliphatic rings. The summed E-state index contributed by atoms with van der Waals surface area (Å²) < 4.78 is 10.9. The molecule has 0 saturated heterocycles. The van der Waals surface area contributed by atoms with Crippen molar-refractivity contribution in [2.24, 2.45) is 0 Å². The highest BCUT2D eigenvalue weighted by molar-refractivity contribution is 5.28. The molecule has 0 radical (unpaired) electrons. The molecule has 0 aliphatic carbocycles. The number of hydrogen-bond donors (Lipinski definition) is 1. The van der Waals surface area contributed by atoms with Crippen molar-refractivity contribution in [3.63, 3.8) is 0 Å². The Hall–Kier alpha value is -1.06. The number of rotatable bonds is 8. The van der Waals surface area contributed by atoms with Gasteiger partial charge in [-0.05, 0) is 37.6 Å². The molecule has 1 unspecified atom stereocenters. The monoisotopic (exact) mass is 237 g/mol. The normalized spacial score (nSPS) is 12.4. The number of nitrogens with one attached hydrogen (secondary N) is 1. The predicted molar refractivity (Wildman–Crippen MR) is 70.4 cm³/mol. The molecule has 1 rings (SSSR count). The van der Waals surface area contributed by atoms with Crippen LogP contribution in [0.25, 0.3) is 0 Å². The van der Waals surface area contributed by atoms with Crippen molar-refractivity contribution < 1.29 is 9.47 Å². The van der Waals surface area contributed by atoms with E-state index in [1.807, 2.05) is 24.3 Å². The first-order valence-electron chi connectivity index (χ1n) is 6.21. The molecule has 1 N–H and O–H groups in total. The van der Waals surface area contributed by atoms with Crippen LogP contribution >= 0.6 is 0 Å². The molecule has 0 heterocycles. The summed E-state index contributed by atoms with van der Waals surface area (Å²) in [5, 5.41) is 3.35. The van der Waals surface area contributed by atoms with Crippen LogP contribution in [0.15, 0.2) is 24.3 Å². The minimum atomic E-state index is 0.180. The van der Waals surface area contributed by atoms with Gasteiger partial charge in [-0.2, -0.15) is 0 Å². The summed E-state index contributed by atoms with van der Waals surface area (Å²) in [6.07, 6.45) is 1.33. The Balaban J connectivity index is 2.41. The highest BCUT2D eigenvalue weighted by Crippen LogP contribution is 2.15. The van der Waals surface area contributed by atoms with Crippen LogP contribution in [0.2, 0.25) is 0 Å². The van der Waals surface area contributed by atoms with Crippen LogP contribution < -0.4 is 10.1 Å². The summed E-state index contributed by atoms with van der Waals surface area (Å²) in [5.74, 6) is 0.908. The molecule has 1 atom stereocenters. The number of methoxy groups -OCH3 is 1. The van der Waals surface area contributed by atoms with E-state index in [1.165, 1.54) is 0 Å². The first-order valence-corrected chi connectivity index (χ1v) is 6.21. The lowest BCUT2D eigenvalue weighted by molar-refractivity contribution is 0.183. The molecule has 0 spiro atoms. The largest absolute Gasteiger partial charge is 0.489 e. The Morgan fingerprint density at radius 3 is 2.88 bits per heavy atom. The van der Waals surface area contributed by atoms with Gasteiger partial charge in [-0.1, -0.05) is 19.1 Å². The maximum atomic E-state index is 5.83. The summed E-state index contributed by atoms with van der Waals surface area (Å²) in [5.41, 5.74) is 1.14. The van der Waals surface area contributed by atoms with E-state index in [1.54, 1.807) is 7.11 Å². The smallest absolute Gasteiger partial charge is 0.120 e. The number of benzene rings is 1. The summed E-state index contributed by atoms with van der Waals surface area (Å²) in [6.45, 7) is 6.78. The molecule has 0 fully saturated rings. The molecule has 0 aromatic heterocycles. The summed E-state index contributed by atoms with van der Waals surface area (Å²) in [4.78, 5) is 0. The maximum absolute atomic E-state index is 5.83. The van der Waals surface area contributed by atoms with Crippen LogP contribution in [0.5, 0.6) is 5.75 Å². The first kappa shape index (κ1) is 14.0. The van der Waals surface area contributed by atoms with Crippen molar-refractivity contribution in [1.82, 2.24) is 5.32 Å². The quantitative estimate of drug-likeness (QED) is 0.705. The topological polar surface area (TPSA) is 30.5 Å². The van der Waals surface area contributed by atoms with Gasteiger partial charge in [-0.3, -0.25) is 0 Å². The van der Waals surface area contributed by atoms with E-state index >= 15 is 0 Å². The molecule has 0 amide bonds. The van der Waals surface area contributed by atoms with Crippen LogP contribution in [0.3, 0.4) is 0 Å². The van der Waals surface area contributed by atoms with Gasteiger partial charge in [0.15, 0.2) is 0 Å². The van der Waals surface area contributed by atoms with Gasteiger partial charge in [0.05, 0.1) is 6.61 Å². The maximum Gasteiger partial charge on any atom is 0.120 e. The number of hydrogen-bond acceptors (Lipinski definition) is 3. The van der Waals surface area contributed by atoms with E-state index in [4.69, 9.17) is 9.47 Å². The average molecular weight is 237 g/mol. The van der Waals surface area contributed by atoms with Gasteiger partial charge >= 0.3 is 0 Å². The van der Waals surface area contributed by atoms with Crippen LogP contribution in [-0.2, 0) is 11.3 Å². The zero-order valence-corrected chi connectivity index (χ0v) is 11.0.